The van der Waals surface area contributed by atoms with E-state index in [2.05, 4.69) is 10.2 Å². The highest BCUT2D eigenvalue weighted by molar-refractivity contribution is 5.91. The summed E-state index contributed by atoms with van der Waals surface area (Å²) in [5.74, 6) is -3.09. The number of primary amides is 1. The summed E-state index contributed by atoms with van der Waals surface area (Å²) in [7, 11) is 0. The van der Waals surface area contributed by atoms with E-state index >= 15 is 0 Å². The Kier molecular flexibility index (Phi) is 1.22. The fraction of sp³-hybridized carbons (Fsp3) is 0. The van der Waals surface area contributed by atoms with Crippen molar-refractivity contribution in [3.8, 4) is 5.88 Å². The van der Waals surface area contributed by atoms with E-state index in [-0.39, 0.29) is 0 Å². The maximum Gasteiger partial charge on any atom is 0.419 e. The molecule has 54 valence electrons. The minimum Gasteiger partial charge on any atom is -0.492 e. The molecule has 1 amide bonds. The molecule has 6 heteroatoms. The van der Waals surface area contributed by atoms with Crippen LogP contribution in [-0.2, 0) is 0 Å². The molecule has 0 spiro atoms. The van der Waals surface area contributed by atoms with Gasteiger partial charge in [-0.3, -0.25) is 9.78 Å². The Hall–Kier alpha value is -1.72. The van der Waals surface area contributed by atoms with Gasteiger partial charge in [-0.15, -0.1) is 0 Å². The number of aromatic amines is 1. The summed E-state index contributed by atoms with van der Waals surface area (Å²) in [6, 6.07) is 0. The van der Waals surface area contributed by atoms with Crippen LogP contribution in [0.25, 0.3) is 0 Å². The van der Waals surface area contributed by atoms with Gasteiger partial charge in [0.1, 0.15) is 0 Å². The van der Waals surface area contributed by atoms with Crippen LogP contribution in [0.15, 0.2) is 9.21 Å². The number of hydrogen-bond donors (Lipinski definition) is 3. The van der Waals surface area contributed by atoms with Crippen molar-refractivity contribution in [2.45, 2.75) is 0 Å². The number of H-pyrrole nitrogens is 1. The predicted molar refractivity (Wildman–Crippen MR) is 29.5 cm³/mol. The Labute approximate surface area is 54.3 Å². The van der Waals surface area contributed by atoms with Gasteiger partial charge in [0.25, 0.3) is 11.7 Å². The Balaban J connectivity index is 3.28. The van der Waals surface area contributed by atoms with Crippen LogP contribution in [0.4, 0.5) is 0 Å². The lowest BCUT2D eigenvalue weighted by atomic mass is 10.5. The first kappa shape index (κ1) is 6.40. The second-order valence-corrected chi connectivity index (χ2v) is 1.56. The smallest absolute Gasteiger partial charge is 0.419 e. The summed E-state index contributed by atoms with van der Waals surface area (Å²) in [6.45, 7) is 0. The normalized spacial score (nSPS) is 9.60. The van der Waals surface area contributed by atoms with Gasteiger partial charge in [0.05, 0.1) is 0 Å². The third-order valence-electron chi connectivity index (χ3n) is 0.854. The Morgan fingerprint density at radius 3 is 2.50 bits per heavy atom. The number of nitrogens with two attached hydrogens (primary N) is 1. The van der Waals surface area contributed by atoms with Gasteiger partial charge in [0, 0.05) is 0 Å². The molecule has 0 aromatic carbocycles. The molecule has 0 saturated heterocycles. The van der Waals surface area contributed by atoms with Gasteiger partial charge in [-0.25, -0.2) is 4.79 Å². The van der Waals surface area contributed by atoms with Gasteiger partial charge in [-0.1, -0.05) is 0 Å². The molecule has 0 aliphatic carbocycles. The Morgan fingerprint density at radius 1 is 1.70 bits per heavy atom. The zero-order valence-electron chi connectivity index (χ0n) is 4.75. The first-order chi connectivity index (χ1) is 4.61. The van der Waals surface area contributed by atoms with E-state index in [1.807, 2.05) is 4.98 Å². The number of hydrogen-bond acceptors (Lipinski definition) is 4. The molecule has 0 aliphatic heterocycles. The number of carbonyl (C=O) groups is 1. The van der Waals surface area contributed by atoms with E-state index < -0.39 is 23.3 Å². The van der Waals surface area contributed by atoms with Crippen LogP contribution >= 0.6 is 0 Å². The highest BCUT2D eigenvalue weighted by Crippen LogP contribution is 2.07. The first-order valence-corrected chi connectivity index (χ1v) is 2.33. The predicted octanol–water partition coefficient (Wildman–Crippen LogP) is -1.23. The lowest BCUT2D eigenvalue weighted by Gasteiger charge is -1.83. The Bertz CT molecular complexity index is 309. The van der Waals surface area contributed by atoms with E-state index in [9.17, 15) is 9.59 Å². The van der Waals surface area contributed by atoms with E-state index in [1.165, 1.54) is 0 Å². The van der Waals surface area contributed by atoms with Gasteiger partial charge < -0.3 is 15.3 Å². The van der Waals surface area contributed by atoms with Crippen LogP contribution < -0.4 is 11.5 Å². The highest BCUT2D eigenvalue weighted by Gasteiger charge is 2.13. The van der Waals surface area contributed by atoms with Crippen molar-refractivity contribution in [3.63, 3.8) is 0 Å². The molecular weight excluding hydrogens is 140 g/mol. The summed E-state index contributed by atoms with van der Waals surface area (Å²) in [5, 5.41) is 8.65. The lowest BCUT2D eigenvalue weighted by Crippen LogP contribution is -2.10. The maximum absolute atomic E-state index is 10.2. The molecule has 0 bridgehead atoms. The number of aromatic nitrogens is 1. The number of carbonyl (C=O) groups excluding carboxylic acids is 1. The van der Waals surface area contributed by atoms with E-state index in [0.29, 0.717) is 0 Å². The Morgan fingerprint density at radius 2 is 2.30 bits per heavy atom. The summed E-state index contributed by atoms with van der Waals surface area (Å²) in [5.41, 5.74) is 4.68. The van der Waals surface area contributed by atoms with Crippen molar-refractivity contribution >= 4 is 5.91 Å². The number of aromatic hydroxyl groups is 1. The highest BCUT2D eigenvalue weighted by atomic mass is 16.4. The molecule has 0 aliphatic rings. The molecule has 1 aromatic rings. The fourth-order valence-electron chi connectivity index (χ4n) is 0.487. The van der Waals surface area contributed by atoms with Crippen molar-refractivity contribution in [1.82, 2.24) is 4.98 Å². The summed E-state index contributed by atoms with van der Waals surface area (Å²) in [4.78, 5) is 22.3. The zero-order chi connectivity index (χ0) is 7.72. The minimum atomic E-state index is -0.990. The lowest BCUT2D eigenvalue weighted by molar-refractivity contribution is 0.0968. The molecule has 1 aromatic heterocycles. The molecule has 6 nitrogen and oxygen atoms in total. The summed E-state index contributed by atoms with van der Waals surface area (Å²) >= 11 is 0. The second-order valence-electron chi connectivity index (χ2n) is 1.56. The minimum absolute atomic E-state index is 0.551. The van der Waals surface area contributed by atoms with Gasteiger partial charge in [0.15, 0.2) is 0 Å². The molecule has 0 unspecified atom stereocenters. The van der Waals surface area contributed by atoms with Gasteiger partial charge in [-0.2, -0.15) is 0 Å². The second kappa shape index (κ2) is 1.90. The largest absolute Gasteiger partial charge is 0.492 e. The molecule has 1 rings (SSSR count). The number of amides is 1. The molecule has 0 atom stereocenters. The van der Waals surface area contributed by atoms with Gasteiger partial charge >= 0.3 is 5.76 Å². The van der Waals surface area contributed by atoms with Crippen molar-refractivity contribution in [3.05, 3.63) is 16.3 Å². The fourth-order valence-corrected chi connectivity index (χ4v) is 0.487. The van der Waals surface area contributed by atoms with Crippen LogP contribution in [0.3, 0.4) is 0 Å². The van der Waals surface area contributed by atoms with Gasteiger partial charge in [0.2, 0.25) is 5.88 Å². The number of rotatable bonds is 1. The van der Waals surface area contributed by atoms with Crippen LogP contribution in [0.1, 0.15) is 10.6 Å². The SMILES string of the molecule is NC(=O)c1oc(=O)[nH]c1O. The van der Waals surface area contributed by atoms with Crippen LogP contribution in [0.2, 0.25) is 0 Å². The molecule has 0 saturated carbocycles. The van der Waals surface area contributed by atoms with Crippen molar-refractivity contribution < 1.29 is 14.3 Å². The van der Waals surface area contributed by atoms with Crippen LogP contribution in [0.5, 0.6) is 5.88 Å². The van der Waals surface area contributed by atoms with E-state index in [0.717, 1.165) is 0 Å². The standard InChI is InChI=1S/C4H4N2O4/c5-2(7)1-3(8)6-4(9)10-1/h8H,(H2,5,7)(H,6,9). The average molecular weight is 144 g/mol. The third kappa shape index (κ3) is 0.859. The quantitative estimate of drug-likeness (QED) is 0.458. The number of oxazole rings is 1. The molecular formula is C4H4N2O4. The summed E-state index contributed by atoms with van der Waals surface area (Å²) < 4.78 is 4.14. The number of nitrogens with one attached hydrogen (secondary N) is 1. The molecule has 10 heavy (non-hydrogen) atoms. The van der Waals surface area contributed by atoms with Crippen molar-refractivity contribution in [2.75, 3.05) is 0 Å². The average Bonchev–Trinajstić information content (AvgIpc) is 2.10. The maximum atomic E-state index is 10.2. The van der Waals surface area contributed by atoms with Crippen molar-refractivity contribution in [2.24, 2.45) is 5.73 Å². The van der Waals surface area contributed by atoms with Crippen molar-refractivity contribution in [1.29, 1.82) is 0 Å². The summed E-state index contributed by atoms with van der Waals surface area (Å²) in [6.07, 6.45) is 0. The molecule has 0 fully saturated rings. The molecule has 1 heterocycles. The van der Waals surface area contributed by atoms with E-state index in [4.69, 9.17) is 5.11 Å². The first-order valence-electron chi connectivity index (χ1n) is 2.33. The van der Waals surface area contributed by atoms with Gasteiger partial charge in [-0.05, 0) is 0 Å². The topological polar surface area (TPSA) is 109 Å². The monoisotopic (exact) mass is 144 g/mol. The van der Waals surface area contributed by atoms with E-state index in [1.54, 1.807) is 0 Å². The van der Waals surface area contributed by atoms with Crippen LogP contribution in [0, 0.1) is 0 Å². The molecule has 0 radical (unpaired) electrons. The van der Waals surface area contributed by atoms with Crippen LogP contribution in [-0.4, -0.2) is 16.0 Å². The zero-order valence-corrected chi connectivity index (χ0v) is 4.75. The third-order valence-corrected chi connectivity index (χ3v) is 0.854. The molecule has 4 N–H and O–H groups in total.